The molecule has 1 aromatic carbocycles. The van der Waals surface area contributed by atoms with Gasteiger partial charge in [0.25, 0.3) is 0 Å². The Balaban J connectivity index is 2.80. The van der Waals surface area contributed by atoms with Crippen LogP contribution in [0.2, 0.25) is 10.0 Å². The highest BCUT2D eigenvalue weighted by Crippen LogP contribution is 2.39. The molecule has 0 bridgehead atoms. The first-order valence-corrected chi connectivity index (χ1v) is 6.47. The fourth-order valence-corrected chi connectivity index (χ4v) is 2.37. The second-order valence-corrected chi connectivity index (χ2v) is 5.14. The standard InChI is InChI=1S/C11H6BrCl2N5/c12-6-2-1-4(7(13)8(6)14)9-5(3-15)10(16)19-11(17)18-9/h1-2H,(H4,16,17,18,19). The summed E-state index contributed by atoms with van der Waals surface area (Å²) in [7, 11) is 0. The van der Waals surface area contributed by atoms with Gasteiger partial charge in [-0.15, -0.1) is 0 Å². The van der Waals surface area contributed by atoms with Crippen LogP contribution >= 0.6 is 39.1 Å². The molecule has 2 rings (SSSR count). The third kappa shape index (κ3) is 2.45. The lowest BCUT2D eigenvalue weighted by atomic mass is 10.1. The molecule has 96 valence electrons. The molecule has 5 nitrogen and oxygen atoms in total. The first-order valence-electron chi connectivity index (χ1n) is 4.92. The zero-order valence-corrected chi connectivity index (χ0v) is 12.4. The Kier molecular flexibility index (Phi) is 3.80. The van der Waals surface area contributed by atoms with Gasteiger partial charge in [0.15, 0.2) is 0 Å². The molecule has 2 aromatic rings. The van der Waals surface area contributed by atoms with E-state index < -0.39 is 0 Å². The van der Waals surface area contributed by atoms with Gasteiger partial charge >= 0.3 is 0 Å². The van der Waals surface area contributed by atoms with Crippen LogP contribution < -0.4 is 11.5 Å². The van der Waals surface area contributed by atoms with E-state index in [-0.39, 0.29) is 28.0 Å². The fraction of sp³-hybridized carbons (Fsp3) is 0. The summed E-state index contributed by atoms with van der Waals surface area (Å²) in [6.45, 7) is 0. The van der Waals surface area contributed by atoms with Crippen LogP contribution in [0, 0.1) is 11.3 Å². The zero-order chi connectivity index (χ0) is 14.2. The first-order chi connectivity index (χ1) is 8.95. The molecular weight excluding hydrogens is 353 g/mol. The molecule has 1 aromatic heterocycles. The molecule has 0 spiro atoms. The van der Waals surface area contributed by atoms with E-state index in [1.165, 1.54) is 0 Å². The van der Waals surface area contributed by atoms with Crippen LogP contribution in [0.5, 0.6) is 0 Å². The highest BCUT2D eigenvalue weighted by Gasteiger charge is 2.18. The van der Waals surface area contributed by atoms with Gasteiger partial charge in [0.05, 0.1) is 15.7 Å². The number of nitriles is 1. The van der Waals surface area contributed by atoms with E-state index in [0.29, 0.717) is 15.1 Å². The summed E-state index contributed by atoms with van der Waals surface area (Å²) in [5.41, 5.74) is 12.0. The molecule has 4 N–H and O–H groups in total. The summed E-state index contributed by atoms with van der Waals surface area (Å²) < 4.78 is 0.636. The predicted molar refractivity (Wildman–Crippen MR) is 78.7 cm³/mol. The number of nitrogens with two attached hydrogens (primary N) is 2. The smallest absolute Gasteiger partial charge is 0.222 e. The Labute approximate surface area is 127 Å². The number of hydrogen-bond acceptors (Lipinski definition) is 5. The highest BCUT2D eigenvalue weighted by molar-refractivity contribution is 9.10. The van der Waals surface area contributed by atoms with Gasteiger partial charge < -0.3 is 11.5 Å². The van der Waals surface area contributed by atoms with E-state index in [9.17, 15) is 0 Å². The normalized spacial score (nSPS) is 10.2. The van der Waals surface area contributed by atoms with Gasteiger partial charge in [0.2, 0.25) is 5.95 Å². The monoisotopic (exact) mass is 357 g/mol. The first kappa shape index (κ1) is 13.9. The molecule has 19 heavy (non-hydrogen) atoms. The fourth-order valence-electron chi connectivity index (χ4n) is 1.51. The largest absolute Gasteiger partial charge is 0.382 e. The molecule has 0 saturated heterocycles. The molecule has 0 aliphatic carbocycles. The lowest BCUT2D eigenvalue weighted by molar-refractivity contribution is 1.18. The van der Waals surface area contributed by atoms with Crippen molar-refractivity contribution >= 4 is 50.9 Å². The lowest BCUT2D eigenvalue weighted by Gasteiger charge is -2.10. The minimum absolute atomic E-state index is 0.0000999. The van der Waals surface area contributed by atoms with Crippen LogP contribution in [-0.2, 0) is 0 Å². The van der Waals surface area contributed by atoms with Gasteiger partial charge in [-0.3, -0.25) is 0 Å². The number of nitrogen functional groups attached to an aromatic ring is 2. The Bertz CT molecular complexity index is 711. The number of halogens is 3. The molecule has 0 amide bonds. The molecule has 0 unspecified atom stereocenters. The van der Waals surface area contributed by atoms with E-state index in [4.69, 9.17) is 39.9 Å². The van der Waals surface area contributed by atoms with Crippen molar-refractivity contribution in [2.24, 2.45) is 0 Å². The Morgan fingerprint density at radius 1 is 1.16 bits per heavy atom. The predicted octanol–water partition coefficient (Wildman–Crippen LogP) is 3.25. The SMILES string of the molecule is N#Cc1c(N)nc(N)nc1-c1ccc(Br)c(Cl)c1Cl. The molecule has 0 fully saturated rings. The van der Waals surface area contributed by atoms with E-state index in [1.54, 1.807) is 12.1 Å². The number of nitrogens with zero attached hydrogens (tertiary/aromatic N) is 3. The van der Waals surface area contributed by atoms with Crippen LogP contribution in [0.1, 0.15) is 5.56 Å². The van der Waals surface area contributed by atoms with Gasteiger partial charge in [-0.1, -0.05) is 29.3 Å². The topological polar surface area (TPSA) is 102 Å². The molecule has 8 heteroatoms. The van der Waals surface area contributed by atoms with Gasteiger partial charge in [-0.2, -0.15) is 10.2 Å². The van der Waals surface area contributed by atoms with Gasteiger partial charge in [0.1, 0.15) is 17.5 Å². The average Bonchev–Trinajstić information content (AvgIpc) is 2.35. The van der Waals surface area contributed by atoms with E-state index in [0.717, 1.165) is 0 Å². The minimum Gasteiger partial charge on any atom is -0.382 e. The maximum Gasteiger partial charge on any atom is 0.222 e. The van der Waals surface area contributed by atoms with Crippen LogP contribution in [0.15, 0.2) is 16.6 Å². The summed E-state index contributed by atoms with van der Waals surface area (Å²) in [5.74, 6) is -0.0401. The number of aromatic nitrogens is 2. The third-order valence-corrected chi connectivity index (χ3v) is 4.13. The van der Waals surface area contributed by atoms with Crippen molar-refractivity contribution in [2.45, 2.75) is 0 Å². The number of hydrogen-bond donors (Lipinski definition) is 2. The van der Waals surface area contributed by atoms with E-state index in [1.807, 2.05) is 6.07 Å². The number of benzene rings is 1. The molecule has 0 aliphatic heterocycles. The molecular formula is C11H6BrCl2N5. The third-order valence-electron chi connectivity index (χ3n) is 2.36. The summed E-state index contributed by atoms with van der Waals surface area (Å²) in [5, 5.41) is 9.70. The molecule has 0 aliphatic rings. The zero-order valence-electron chi connectivity index (χ0n) is 9.28. The van der Waals surface area contributed by atoms with Crippen molar-refractivity contribution in [1.82, 2.24) is 9.97 Å². The lowest BCUT2D eigenvalue weighted by Crippen LogP contribution is -2.05. The Hall–Kier alpha value is -1.55. The van der Waals surface area contributed by atoms with Gasteiger partial charge in [-0.05, 0) is 22.0 Å². The Morgan fingerprint density at radius 2 is 1.84 bits per heavy atom. The highest BCUT2D eigenvalue weighted by atomic mass is 79.9. The van der Waals surface area contributed by atoms with Crippen molar-refractivity contribution < 1.29 is 0 Å². The van der Waals surface area contributed by atoms with Gasteiger partial charge in [0, 0.05) is 10.0 Å². The molecule has 1 heterocycles. The number of anilines is 2. The van der Waals surface area contributed by atoms with Gasteiger partial charge in [-0.25, -0.2) is 4.98 Å². The molecule has 0 atom stereocenters. The van der Waals surface area contributed by atoms with Crippen LogP contribution in [-0.4, -0.2) is 9.97 Å². The maximum atomic E-state index is 9.13. The van der Waals surface area contributed by atoms with Crippen molar-refractivity contribution in [3.05, 3.63) is 32.2 Å². The average molecular weight is 359 g/mol. The second kappa shape index (κ2) is 5.21. The Morgan fingerprint density at radius 3 is 2.47 bits per heavy atom. The van der Waals surface area contributed by atoms with Crippen molar-refractivity contribution in [3.8, 4) is 17.3 Å². The summed E-state index contributed by atoms with van der Waals surface area (Å²) in [4.78, 5) is 7.75. The van der Waals surface area contributed by atoms with Crippen LogP contribution in [0.25, 0.3) is 11.3 Å². The van der Waals surface area contributed by atoms with Crippen LogP contribution in [0.4, 0.5) is 11.8 Å². The summed E-state index contributed by atoms with van der Waals surface area (Å²) in [6.07, 6.45) is 0. The minimum atomic E-state index is -0.0402. The second-order valence-electron chi connectivity index (χ2n) is 3.53. The number of rotatable bonds is 1. The van der Waals surface area contributed by atoms with Crippen LogP contribution in [0.3, 0.4) is 0 Å². The van der Waals surface area contributed by atoms with Crippen molar-refractivity contribution in [3.63, 3.8) is 0 Å². The molecule has 0 radical (unpaired) electrons. The summed E-state index contributed by atoms with van der Waals surface area (Å²) >= 11 is 15.4. The maximum absolute atomic E-state index is 9.13. The van der Waals surface area contributed by atoms with Crippen molar-refractivity contribution in [2.75, 3.05) is 11.5 Å². The quantitative estimate of drug-likeness (QED) is 0.762. The van der Waals surface area contributed by atoms with Crippen molar-refractivity contribution in [1.29, 1.82) is 5.26 Å². The summed E-state index contributed by atoms with van der Waals surface area (Å²) in [6, 6.07) is 5.29. The van der Waals surface area contributed by atoms with E-state index >= 15 is 0 Å². The van der Waals surface area contributed by atoms with E-state index in [2.05, 4.69) is 25.9 Å². The molecule has 0 saturated carbocycles.